The molecular weight excluding hydrogens is 364 g/mol. The van der Waals surface area contributed by atoms with Gasteiger partial charge in [-0.25, -0.2) is 8.78 Å². The molecule has 0 aliphatic carbocycles. The van der Waals surface area contributed by atoms with Crippen LogP contribution in [0.25, 0.3) is 0 Å². The van der Waals surface area contributed by atoms with Crippen molar-refractivity contribution in [3.05, 3.63) is 76.9 Å². The van der Waals surface area contributed by atoms with Crippen molar-refractivity contribution in [1.82, 2.24) is 10.1 Å². The van der Waals surface area contributed by atoms with Crippen LogP contribution in [0.3, 0.4) is 0 Å². The first-order chi connectivity index (χ1) is 13.6. The Morgan fingerprint density at radius 1 is 1.14 bits per heavy atom. The average Bonchev–Trinajstić information content (AvgIpc) is 3.15. The van der Waals surface area contributed by atoms with E-state index in [1.807, 2.05) is 30.3 Å². The molecule has 0 spiro atoms. The zero-order chi connectivity index (χ0) is 19.5. The molecule has 1 amide bonds. The van der Waals surface area contributed by atoms with Gasteiger partial charge in [-0.05, 0) is 30.0 Å². The minimum Gasteiger partial charge on any atom is -0.339 e. The van der Waals surface area contributed by atoms with Crippen LogP contribution in [0.1, 0.15) is 35.7 Å². The molecule has 1 aromatic heterocycles. The second kappa shape index (κ2) is 7.88. The van der Waals surface area contributed by atoms with Crippen LogP contribution in [0.2, 0.25) is 0 Å². The Bertz CT molecular complexity index is 989. The summed E-state index contributed by atoms with van der Waals surface area (Å²) in [5.74, 6) is -1.04. The van der Waals surface area contributed by atoms with Gasteiger partial charge in [-0.1, -0.05) is 35.5 Å². The second-order valence-corrected chi connectivity index (χ2v) is 6.81. The highest BCUT2D eigenvalue weighted by Gasteiger charge is 2.24. The first kappa shape index (κ1) is 18.3. The number of hydrogen-bond acceptors (Lipinski definition) is 4. The maximum absolute atomic E-state index is 13.6. The normalized spacial score (nSPS) is 13.4. The van der Waals surface area contributed by atoms with Crippen LogP contribution >= 0.6 is 0 Å². The van der Waals surface area contributed by atoms with Crippen LogP contribution in [0.5, 0.6) is 0 Å². The van der Waals surface area contributed by atoms with Gasteiger partial charge in [-0.2, -0.15) is 4.98 Å². The van der Waals surface area contributed by atoms with E-state index in [1.54, 1.807) is 0 Å². The van der Waals surface area contributed by atoms with E-state index in [0.717, 1.165) is 11.6 Å². The summed E-state index contributed by atoms with van der Waals surface area (Å²) in [7, 11) is 0. The Labute approximate surface area is 161 Å². The Morgan fingerprint density at radius 2 is 1.93 bits per heavy atom. The van der Waals surface area contributed by atoms with E-state index >= 15 is 0 Å². The molecule has 144 valence electrons. The quantitative estimate of drug-likeness (QED) is 0.672. The Hall–Kier alpha value is -3.09. The van der Waals surface area contributed by atoms with Gasteiger partial charge in [0.15, 0.2) is 17.5 Å². The largest absolute Gasteiger partial charge is 0.339 e. The Balaban J connectivity index is 1.40. The monoisotopic (exact) mass is 383 g/mol. The van der Waals surface area contributed by atoms with Crippen LogP contribution < -0.4 is 4.90 Å². The van der Waals surface area contributed by atoms with Crippen molar-refractivity contribution in [2.24, 2.45) is 0 Å². The van der Waals surface area contributed by atoms with E-state index in [9.17, 15) is 13.6 Å². The fourth-order valence-electron chi connectivity index (χ4n) is 3.43. The molecule has 4 rings (SSSR count). The molecule has 5 nitrogen and oxygen atoms in total. The number of fused-ring (bicyclic) bond motifs is 1. The van der Waals surface area contributed by atoms with Gasteiger partial charge >= 0.3 is 0 Å². The number of rotatable bonds is 5. The van der Waals surface area contributed by atoms with Gasteiger partial charge < -0.3 is 9.42 Å². The number of aromatic nitrogens is 2. The van der Waals surface area contributed by atoms with E-state index in [1.165, 1.54) is 11.0 Å². The van der Waals surface area contributed by atoms with Gasteiger partial charge in [0.2, 0.25) is 11.8 Å². The van der Waals surface area contributed by atoms with E-state index in [2.05, 4.69) is 10.1 Å². The highest BCUT2D eigenvalue weighted by molar-refractivity contribution is 5.94. The van der Waals surface area contributed by atoms with Crippen LogP contribution in [-0.4, -0.2) is 22.6 Å². The molecule has 1 aliphatic rings. The van der Waals surface area contributed by atoms with E-state index in [4.69, 9.17) is 4.52 Å². The maximum Gasteiger partial charge on any atom is 0.227 e. The van der Waals surface area contributed by atoms with Crippen LogP contribution in [0.4, 0.5) is 14.5 Å². The summed E-state index contributed by atoms with van der Waals surface area (Å²) in [6, 6.07) is 12.1. The number of aryl methyl sites for hydroxylation is 2. The zero-order valence-corrected chi connectivity index (χ0v) is 15.2. The fraction of sp³-hybridized carbons (Fsp3) is 0.286. The zero-order valence-electron chi connectivity index (χ0n) is 15.2. The van der Waals surface area contributed by atoms with Gasteiger partial charge in [0.25, 0.3) is 0 Å². The number of halogens is 2. The molecule has 0 saturated carbocycles. The number of amides is 1. The summed E-state index contributed by atoms with van der Waals surface area (Å²) >= 11 is 0. The van der Waals surface area contributed by atoms with Gasteiger partial charge in [0, 0.05) is 37.6 Å². The lowest BCUT2D eigenvalue weighted by atomic mass is 10.0. The third kappa shape index (κ3) is 3.93. The van der Waals surface area contributed by atoms with Gasteiger partial charge in [-0.3, -0.25) is 4.79 Å². The van der Waals surface area contributed by atoms with Crippen molar-refractivity contribution in [2.45, 2.75) is 32.1 Å². The Kier molecular flexibility index (Phi) is 5.14. The molecule has 2 aromatic carbocycles. The predicted octanol–water partition coefficient (Wildman–Crippen LogP) is 3.85. The highest BCUT2D eigenvalue weighted by Crippen LogP contribution is 2.30. The number of nitrogens with zero attached hydrogens (tertiary/aromatic N) is 3. The lowest BCUT2D eigenvalue weighted by Crippen LogP contribution is -2.35. The molecule has 0 atom stereocenters. The molecule has 28 heavy (non-hydrogen) atoms. The van der Waals surface area contributed by atoms with Crippen molar-refractivity contribution in [2.75, 3.05) is 11.4 Å². The molecule has 0 bridgehead atoms. The summed E-state index contributed by atoms with van der Waals surface area (Å²) < 4.78 is 32.3. The smallest absolute Gasteiger partial charge is 0.227 e. The van der Waals surface area contributed by atoms with Crippen molar-refractivity contribution >= 4 is 11.6 Å². The van der Waals surface area contributed by atoms with Crippen LogP contribution in [-0.2, 0) is 24.1 Å². The third-order valence-corrected chi connectivity index (χ3v) is 4.81. The van der Waals surface area contributed by atoms with Crippen LogP contribution in [0, 0.1) is 11.6 Å². The lowest BCUT2D eigenvalue weighted by molar-refractivity contribution is -0.118. The molecule has 0 N–H and O–H groups in total. The highest BCUT2D eigenvalue weighted by atomic mass is 19.2. The second-order valence-electron chi connectivity index (χ2n) is 6.81. The van der Waals surface area contributed by atoms with E-state index in [-0.39, 0.29) is 12.3 Å². The summed E-state index contributed by atoms with van der Waals surface area (Å²) in [6.45, 7) is 0.486. The number of carbonyl (C=O) groups is 1. The van der Waals surface area contributed by atoms with Crippen molar-refractivity contribution < 1.29 is 18.1 Å². The molecule has 7 heteroatoms. The van der Waals surface area contributed by atoms with Gasteiger partial charge in [-0.15, -0.1) is 0 Å². The van der Waals surface area contributed by atoms with Crippen molar-refractivity contribution in [1.29, 1.82) is 0 Å². The number of carbonyl (C=O) groups excluding carboxylic acids is 1. The summed E-state index contributed by atoms with van der Waals surface area (Å²) in [5.41, 5.74) is 2.18. The number of anilines is 1. The first-order valence-corrected chi connectivity index (χ1v) is 9.24. The van der Waals surface area contributed by atoms with Gasteiger partial charge in [0.1, 0.15) is 0 Å². The topological polar surface area (TPSA) is 59.2 Å². The lowest BCUT2D eigenvalue weighted by Gasteiger charge is -2.29. The van der Waals surface area contributed by atoms with E-state index < -0.39 is 11.6 Å². The fourth-order valence-corrected chi connectivity index (χ4v) is 3.43. The minimum absolute atomic E-state index is 0.158. The van der Waals surface area contributed by atoms with E-state index in [0.29, 0.717) is 55.2 Å². The number of hydrogen-bond donors (Lipinski definition) is 0. The number of benzene rings is 2. The molecule has 0 saturated heterocycles. The SMILES string of the molecule is O=C(CCc1nc(Cc2ccccc2)no1)N1CCCc2cc(F)c(F)cc21. The molecule has 2 heterocycles. The van der Waals surface area contributed by atoms with Crippen LogP contribution in [0.15, 0.2) is 47.0 Å². The van der Waals surface area contributed by atoms with Gasteiger partial charge in [0.05, 0.1) is 0 Å². The standard InChI is InChI=1S/C21H19F2N3O2/c22-16-12-15-7-4-10-26(18(15)13-17(16)23)21(27)9-8-20-24-19(25-28-20)11-14-5-2-1-3-6-14/h1-3,5-6,12-13H,4,7-11H2. The molecular formula is C21H19F2N3O2. The Morgan fingerprint density at radius 3 is 2.75 bits per heavy atom. The van der Waals surface area contributed by atoms with Crippen molar-refractivity contribution in [3.63, 3.8) is 0 Å². The molecule has 0 fully saturated rings. The molecule has 3 aromatic rings. The summed E-state index contributed by atoms with van der Waals surface area (Å²) in [6.07, 6.45) is 2.36. The summed E-state index contributed by atoms with van der Waals surface area (Å²) in [4.78, 5) is 18.5. The molecule has 1 aliphatic heterocycles. The predicted molar refractivity (Wildman–Crippen MR) is 98.9 cm³/mol. The van der Waals surface area contributed by atoms with Crippen molar-refractivity contribution in [3.8, 4) is 0 Å². The third-order valence-electron chi connectivity index (χ3n) is 4.81. The molecule has 0 unspecified atom stereocenters. The minimum atomic E-state index is -0.944. The summed E-state index contributed by atoms with van der Waals surface area (Å²) in [5, 5.41) is 3.96. The average molecular weight is 383 g/mol. The molecule has 0 radical (unpaired) electrons. The first-order valence-electron chi connectivity index (χ1n) is 9.24. The maximum atomic E-state index is 13.6.